The summed E-state index contributed by atoms with van der Waals surface area (Å²) in [5.74, 6) is -0.156. The summed E-state index contributed by atoms with van der Waals surface area (Å²) in [6.07, 6.45) is 0. The molecule has 0 saturated carbocycles. The van der Waals surface area contributed by atoms with Gasteiger partial charge in [0.05, 0.1) is 0 Å². The van der Waals surface area contributed by atoms with E-state index in [-0.39, 0.29) is 11.6 Å². The molecule has 3 aromatic carbocycles. The van der Waals surface area contributed by atoms with E-state index in [0.717, 1.165) is 0 Å². The van der Waals surface area contributed by atoms with E-state index in [4.69, 9.17) is 11.6 Å². The predicted molar refractivity (Wildman–Crippen MR) is 91.2 cm³/mol. The summed E-state index contributed by atoms with van der Waals surface area (Å²) in [6.45, 7) is 0. The molecule has 0 amide bonds. The monoisotopic (exact) mass is 320 g/mol. The summed E-state index contributed by atoms with van der Waals surface area (Å²) in [4.78, 5) is 24.7. The predicted octanol–water partition coefficient (Wildman–Crippen LogP) is 4.80. The third kappa shape index (κ3) is 3.38. The average Bonchev–Trinajstić information content (AvgIpc) is 2.62. The van der Waals surface area contributed by atoms with Crippen LogP contribution >= 0.6 is 11.6 Å². The van der Waals surface area contributed by atoms with Crippen LogP contribution in [-0.4, -0.2) is 11.6 Å². The highest BCUT2D eigenvalue weighted by Crippen LogP contribution is 2.16. The van der Waals surface area contributed by atoms with Crippen molar-refractivity contribution in [2.75, 3.05) is 0 Å². The second-order valence-electron chi connectivity index (χ2n) is 5.11. The molecule has 0 radical (unpaired) electrons. The van der Waals surface area contributed by atoms with Gasteiger partial charge in [0, 0.05) is 27.3 Å². The standard InChI is InChI=1S/C20H13ClO2/c21-18-12-10-17(11-13-18)20(23)16-8-6-15(7-9-16)19(22)14-4-2-1-3-5-14/h1-13H. The molecular formula is C20H13ClO2. The SMILES string of the molecule is O=C(c1ccccc1)c1ccc(C(=O)c2ccc(Cl)cc2)cc1. The van der Waals surface area contributed by atoms with Crippen molar-refractivity contribution >= 4 is 23.2 Å². The number of rotatable bonds is 4. The normalized spacial score (nSPS) is 10.3. The molecule has 0 spiro atoms. The maximum Gasteiger partial charge on any atom is 0.193 e. The van der Waals surface area contributed by atoms with E-state index in [1.165, 1.54) is 0 Å². The molecule has 3 rings (SSSR count). The van der Waals surface area contributed by atoms with Crippen molar-refractivity contribution < 1.29 is 9.59 Å². The molecule has 2 nitrogen and oxygen atoms in total. The first-order chi connectivity index (χ1) is 11.1. The van der Waals surface area contributed by atoms with Gasteiger partial charge in [0.15, 0.2) is 11.6 Å². The third-order valence-corrected chi connectivity index (χ3v) is 3.80. The molecule has 0 fully saturated rings. The fourth-order valence-electron chi connectivity index (χ4n) is 2.30. The molecule has 0 atom stereocenters. The Morgan fingerprint density at radius 1 is 0.522 bits per heavy atom. The van der Waals surface area contributed by atoms with Crippen LogP contribution in [-0.2, 0) is 0 Å². The van der Waals surface area contributed by atoms with Crippen LogP contribution in [0.5, 0.6) is 0 Å². The molecule has 0 unspecified atom stereocenters. The summed E-state index contributed by atoms with van der Waals surface area (Å²) < 4.78 is 0. The van der Waals surface area contributed by atoms with Gasteiger partial charge in [-0.25, -0.2) is 0 Å². The average molecular weight is 321 g/mol. The molecular weight excluding hydrogens is 308 g/mol. The van der Waals surface area contributed by atoms with Gasteiger partial charge in [0.1, 0.15) is 0 Å². The van der Waals surface area contributed by atoms with E-state index in [1.807, 2.05) is 18.2 Å². The van der Waals surface area contributed by atoms with E-state index in [9.17, 15) is 9.59 Å². The molecule has 0 heterocycles. The Bertz CT molecular complexity index is 835. The third-order valence-electron chi connectivity index (χ3n) is 3.55. The van der Waals surface area contributed by atoms with Gasteiger partial charge in [-0.1, -0.05) is 66.2 Å². The van der Waals surface area contributed by atoms with Crippen molar-refractivity contribution in [2.24, 2.45) is 0 Å². The van der Waals surface area contributed by atoms with Gasteiger partial charge in [0.25, 0.3) is 0 Å². The van der Waals surface area contributed by atoms with Gasteiger partial charge < -0.3 is 0 Å². The van der Waals surface area contributed by atoms with Crippen molar-refractivity contribution in [3.63, 3.8) is 0 Å². The highest BCUT2D eigenvalue weighted by Gasteiger charge is 2.12. The lowest BCUT2D eigenvalue weighted by atomic mass is 9.99. The van der Waals surface area contributed by atoms with Crippen molar-refractivity contribution in [3.05, 3.63) is 106 Å². The molecule has 112 valence electrons. The summed E-state index contributed by atoms with van der Waals surface area (Å²) in [5.41, 5.74) is 2.29. The fourth-order valence-corrected chi connectivity index (χ4v) is 2.42. The minimum Gasteiger partial charge on any atom is -0.289 e. The number of ketones is 2. The number of halogens is 1. The van der Waals surface area contributed by atoms with E-state index < -0.39 is 0 Å². The first-order valence-corrected chi connectivity index (χ1v) is 7.53. The van der Waals surface area contributed by atoms with Crippen LogP contribution in [0.4, 0.5) is 0 Å². The van der Waals surface area contributed by atoms with Gasteiger partial charge in [-0.15, -0.1) is 0 Å². The lowest BCUT2D eigenvalue weighted by molar-refractivity contribution is 0.102. The number of hydrogen-bond donors (Lipinski definition) is 0. The van der Waals surface area contributed by atoms with E-state index in [0.29, 0.717) is 27.3 Å². The molecule has 0 saturated heterocycles. The van der Waals surface area contributed by atoms with Crippen molar-refractivity contribution in [1.29, 1.82) is 0 Å². The van der Waals surface area contributed by atoms with Crippen LogP contribution in [0, 0.1) is 0 Å². The Kier molecular flexibility index (Phi) is 4.35. The summed E-state index contributed by atoms with van der Waals surface area (Å²) >= 11 is 5.83. The zero-order valence-corrected chi connectivity index (χ0v) is 13.0. The maximum absolute atomic E-state index is 12.4. The van der Waals surface area contributed by atoms with Crippen molar-refractivity contribution in [2.45, 2.75) is 0 Å². The fraction of sp³-hybridized carbons (Fsp3) is 0. The minimum absolute atomic E-state index is 0.0592. The Morgan fingerprint density at radius 2 is 0.870 bits per heavy atom. The van der Waals surface area contributed by atoms with Crippen LogP contribution in [0.2, 0.25) is 5.02 Å². The highest BCUT2D eigenvalue weighted by atomic mass is 35.5. The van der Waals surface area contributed by atoms with Gasteiger partial charge >= 0.3 is 0 Å². The molecule has 3 aromatic rings. The Morgan fingerprint density at radius 3 is 1.30 bits per heavy atom. The minimum atomic E-state index is -0.0969. The topological polar surface area (TPSA) is 34.1 Å². The van der Waals surface area contributed by atoms with Crippen LogP contribution < -0.4 is 0 Å². The Balaban J connectivity index is 1.83. The molecule has 0 bridgehead atoms. The molecule has 0 aliphatic heterocycles. The molecule has 0 N–H and O–H groups in total. The Labute approximate surface area is 139 Å². The molecule has 0 aliphatic rings. The van der Waals surface area contributed by atoms with Gasteiger partial charge in [-0.2, -0.15) is 0 Å². The van der Waals surface area contributed by atoms with Crippen molar-refractivity contribution in [1.82, 2.24) is 0 Å². The number of carbonyl (C=O) groups is 2. The molecule has 23 heavy (non-hydrogen) atoms. The first-order valence-electron chi connectivity index (χ1n) is 7.15. The van der Waals surface area contributed by atoms with E-state index in [1.54, 1.807) is 60.7 Å². The second kappa shape index (κ2) is 6.59. The molecule has 0 aromatic heterocycles. The van der Waals surface area contributed by atoms with E-state index >= 15 is 0 Å². The second-order valence-corrected chi connectivity index (χ2v) is 5.54. The van der Waals surface area contributed by atoms with Crippen LogP contribution in [0.15, 0.2) is 78.9 Å². The quantitative estimate of drug-likeness (QED) is 0.647. The van der Waals surface area contributed by atoms with Gasteiger partial charge in [0.2, 0.25) is 0 Å². The maximum atomic E-state index is 12.4. The van der Waals surface area contributed by atoms with Gasteiger partial charge in [-0.05, 0) is 24.3 Å². The lowest BCUT2D eigenvalue weighted by Gasteiger charge is -2.04. The summed E-state index contributed by atoms with van der Waals surface area (Å²) in [7, 11) is 0. The van der Waals surface area contributed by atoms with Crippen LogP contribution in [0.25, 0.3) is 0 Å². The number of benzene rings is 3. The van der Waals surface area contributed by atoms with Gasteiger partial charge in [-0.3, -0.25) is 9.59 Å². The summed E-state index contributed by atoms with van der Waals surface area (Å²) in [5, 5.41) is 0.588. The van der Waals surface area contributed by atoms with Crippen LogP contribution in [0.1, 0.15) is 31.8 Å². The van der Waals surface area contributed by atoms with Crippen LogP contribution in [0.3, 0.4) is 0 Å². The smallest absolute Gasteiger partial charge is 0.193 e. The highest BCUT2D eigenvalue weighted by molar-refractivity contribution is 6.30. The molecule has 3 heteroatoms. The summed E-state index contributed by atoms with van der Waals surface area (Å²) in [6, 6.07) is 22.5. The lowest BCUT2D eigenvalue weighted by Crippen LogP contribution is -2.04. The number of carbonyl (C=O) groups excluding carboxylic acids is 2. The largest absolute Gasteiger partial charge is 0.289 e. The first kappa shape index (κ1) is 15.2. The molecule has 0 aliphatic carbocycles. The van der Waals surface area contributed by atoms with E-state index in [2.05, 4.69) is 0 Å². The zero-order chi connectivity index (χ0) is 16.2. The van der Waals surface area contributed by atoms with Crippen molar-refractivity contribution in [3.8, 4) is 0 Å². The Hall–Kier alpha value is -2.71. The zero-order valence-electron chi connectivity index (χ0n) is 12.2. The number of hydrogen-bond acceptors (Lipinski definition) is 2.